The summed E-state index contributed by atoms with van der Waals surface area (Å²) in [6.07, 6.45) is 1.12. The van der Waals surface area contributed by atoms with Gasteiger partial charge in [0.15, 0.2) is 0 Å². The van der Waals surface area contributed by atoms with E-state index in [2.05, 4.69) is 34.3 Å². The normalized spacial score (nSPS) is 24.0. The zero-order valence-electron chi connectivity index (χ0n) is 25.8. The number of hydrogen-bond acceptors (Lipinski definition) is 7. The molecule has 0 aliphatic carbocycles. The Morgan fingerprint density at radius 3 is 2.70 bits per heavy atom. The summed E-state index contributed by atoms with van der Waals surface area (Å²) in [5.74, 6) is 0.560. The Morgan fingerprint density at radius 1 is 1.11 bits per heavy atom. The van der Waals surface area contributed by atoms with Gasteiger partial charge in [0, 0.05) is 50.4 Å². The summed E-state index contributed by atoms with van der Waals surface area (Å²) in [4.78, 5) is 14.2. The number of alkyl halides is 3. The molecule has 2 aromatic heterocycles. The van der Waals surface area contributed by atoms with Crippen molar-refractivity contribution >= 4 is 5.69 Å². The van der Waals surface area contributed by atoms with Crippen LogP contribution in [-0.2, 0) is 18.1 Å². The summed E-state index contributed by atoms with van der Waals surface area (Å²) in [5, 5.41) is 3.65. The van der Waals surface area contributed by atoms with E-state index in [1.54, 1.807) is 18.3 Å². The summed E-state index contributed by atoms with van der Waals surface area (Å²) in [5.41, 5.74) is 3.24. The largest absolute Gasteiger partial charge is 0.496 e. The zero-order valence-corrected chi connectivity index (χ0v) is 25.8. The molecule has 0 amide bonds. The highest BCUT2D eigenvalue weighted by Crippen LogP contribution is 2.50. The highest BCUT2D eigenvalue weighted by molar-refractivity contribution is 5.66. The summed E-state index contributed by atoms with van der Waals surface area (Å²) in [6.45, 7) is 9.23. The van der Waals surface area contributed by atoms with Gasteiger partial charge >= 0.3 is 6.18 Å². The number of halogens is 3. The highest BCUT2D eigenvalue weighted by Gasteiger charge is 2.49. The van der Waals surface area contributed by atoms with Gasteiger partial charge in [-0.25, -0.2) is 4.98 Å². The average molecular weight is 610 g/mol. The maximum atomic E-state index is 14.3. The van der Waals surface area contributed by atoms with E-state index in [-0.39, 0.29) is 22.8 Å². The van der Waals surface area contributed by atoms with Crippen LogP contribution in [0.15, 0.2) is 48.7 Å². The fourth-order valence-corrected chi connectivity index (χ4v) is 7.78. The molecule has 0 radical (unpaired) electrons. The predicted molar refractivity (Wildman–Crippen MR) is 165 cm³/mol. The first-order valence-electron chi connectivity index (χ1n) is 15.8. The van der Waals surface area contributed by atoms with Gasteiger partial charge in [0.25, 0.3) is 0 Å². The van der Waals surface area contributed by atoms with Crippen molar-refractivity contribution in [3.05, 3.63) is 65.5 Å². The zero-order chi connectivity index (χ0) is 30.9. The Kier molecular flexibility index (Phi) is 8.75. The highest BCUT2D eigenvalue weighted by atomic mass is 19.4. The van der Waals surface area contributed by atoms with Gasteiger partial charge in [-0.05, 0) is 74.5 Å². The molecule has 1 spiro atoms. The topological polar surface area (TPSA) is 62.8 Å². The average Bonchev–Trinajstić information content (AvgIpc) is 3.53. The van der Waals surface area contributed by atoms with Gasteiger partial charge in [-0.3, -0.25) is 9.88 Å². The SMILES string of the molecule is CCOc1ncccc1-c1ccc2c(n1)CN(C[C@H]1CCCN1)C[C@]21CCN(c2cccc(OC)c2C(F)(F)F)C[C@H]1CC. The Balaban J connectivity index is 1.39. The van der Waals surface area contributed by atoms with E-state index in [1.165, 1.54) is 25.2 Å². The van der Waals surface area contributed by atoms with Crippen LogP contribution in [-0.4, -0.2) is 67.4 Å². The van der Waals surface area contributed by atoms with E-state index in [1.807, 2.05) is 24.0 Å². The number of pyridine rings is 2. The Bertz CT molecular complexity index is 1460. The predicted octanol–water partition coefficient (Wildman–Crippen LogP) is 6.31. The molecule has 10 heteroatoms. The number of hydrogen-bond donors (Lipinski definition) is 1. The van der Waals surface area contributed by atoms with Gasteiger partial charge < -0.3 is 19.7 Å². The van der Waals surface area contributed by atoms with Crippen LogP contribution >= 0.6 is 0 Å². The van der Waals surface area contributed by atoms with Crippen molar-refractivity contribution in [3.8, 4) is 22.9 Å². The quantitative estimate of drug-likeness (QED) is 0.321. The van der Waals surface area contributed by atoms with Crippen LogP contribution in [0.1, 0.15) is 56.4 Å². The summed E-state index contributed by atoms with van der Waals surface area (Å²) in [6, 6.07) is 13.2. The summed E-state index contributed by atoms with van der Waals surface area (Å²) < 4.78 is 54.0. The number of aromatic nitrogens is 2. The minimum Gasteiger partial charge on any atom is -0.496 e. The van der Waals surface area contributed by atoms with Crippen molar-refractivity contribution in [2.24, 2.45) is 5.92 Å². The molecular formula is C34H42F3N5O2. The lowest BCUT2D eigenvalue weighted by Gasteiger charge is -2.54. The first-order chi connectivity index (χ1) is 21.3. The fourth-order valence-electron chi connectivity index (χ4n) is 7.78. The van der Waals surface area contributed by atoms with Gasteiger partial charge in [0.05, 0.1) is 36.4 Å². The number of rotatable bonds is 8. The van der Waals surface area contributed by atoms with Crippen LogP contribution in [0.4, 0.5) is 18.9 Å². The number of nitrogens with zero attached hydrogens (tertiary/aromatic N) is 4. The lowest BCUT2D eigenvalue weighted by Crippen LogP contribution is -2.58. The number of ether oxygens (including phenoxy) is 2. The van der Waals surface area contributed by atoms with Crippen LogP contribution in [0.5, 0.6) is 11.6 Å². The molecule has 3 atom stereocenters. The molecule has 1 N–H and O–H groups in total. The molecule has 3 aliphatic rings. The van der Waals surface area contributed by atoms with Crippen LogP contribution in [0, 0.1) is 5.92 Å². The molecule has 44 heavy (non-hydrogen) atoms. The van der Waals surface area contributed by atoms with Crippen LogP contribution in [0.25, 0.3) is 11.3 Å². The Hall–Kier alpha value is -3.37. The smallest absolute Gasteiger partial charge is 0.421 e. The molecule has 5 heterocycles. The first kappa shape index (κ1) is 30.6. The standard InChI is InChI=1S/C34H42F3N5O2/c1-4-23-19-42(29-11-6-12-30(43-3)31(29)34(35,36)37)18-15-33(23)22-41(20-24-9-7-16-38-24)21-28-26(33)13-14-27(40-28)25-10-8-17-39-32(25)44-5-2/h6,8,10-14,17,23-24,38H,4-5,7,9,15-16,18-22H2,1-3H3/t23-,24-,33+/m1/s1. The number of nitrogens with one attached hydrogen (secondary N) is 1. The van der Waals surface area contributed by atoms with Gasteiger partial charge in [-0.2, -0.15) is 13.2 Å². The van der Waals surface area contributed by atoms with Crippen molar-refractivity contribution in [1.29, 1.82) is 0 Å². The molecule has 3 aromatic rings. The van der Waals surface area contributed by atoms with Crippen molar-refractivity contribution in [2.45, 2.75) is 63.7 Å². The van der Waals surface area contributed by atoms with Crippen LogP contribution in [0.2, 0.25) is 0 Å². The lowest BCUT2D eigenvalue weighted by molar-refractivity contribution is -0.138. The monoisotopic (exact) mass is 609 g/mol. The minimum atomic E-state index is -4.52. The maximum Gasteiger partial charge on any atom is 0.421 e. The van der Waals surface area contributed by atoms with E-state index in [4.69, 9.17) is 14.5 Å². The third-order valence-corrected chi connectivity index (χ3v) is 9.75. The minimum absolute atomic E-state index is 0.131. The number of piperidine rings is 1. The number of anilines is 1. The molecule has 0 saturated carbocycles. The lowest BCUT2D eigenvalue weighted by atomic mass is 9.62. The molecule has 3 aliphatic heterocycles. The third kappa shape index (κ3) is 5.74. The summed E-state index contributed by atoms with van der Waals surface area (Å²) in [7, 11) is 1.30. The van der Waals surface area contributed by atoms with Crippen LogP contribution in [0.3, 0.4) is 0 Å². The van der Waals surface area contributed by atoms with E-state index in [0.29, 0.717) is 31.6 Å². The second kappa shape index (κ2) is 12.6. The molecule has 7 nitrogen and oxygen atoms in total. The molecule has 6 rings (SSSR count). The van der Waals surface area contributed by atoms with Gasteiger partial charge in [-0.15, -0.1) is 0 Å². The van der Waals surface area contributed by atoms with Crippen molar-refractivity contribution in [3.63, 3.8) is 0 Å². The number of benzene rings is 1. The van der Waals surface area contributed by atoms with Gasteiger partial charge in [0.1, 0.15) is 11.3 Å². The van der Waals surface area contributed by atoms with E-state index < -0.39 is 11.7 Å². The van der Waals surface area contributed by atoms with Gasteiger partial charge in [0.2, 0.25) is 5.88 Å². The molecular weight excluding hydrogens is 567 g/mol. The number of fused-ring (bicyclic) bond motifs is 2. The molecule has 2 fully saturated rings. The van der Waals surface area contributed by atoms with E-state index in [0.717, 1.165) is 62.4 Å². The van der Waals surface area contributed by atoms with Crippen molar-refractivity contribution in [1.82, 2.24) is 20.2 Å². The molecule has 0 unspecified atom stereocenters. The molecule has 2 saturated heterocycles. The Morgan fingerprint density at radius 2 is 1.98 bits per heavy atom. The van der Waals surface area contributed by atoms with Crippen molar-refractivity contribution in [2.75, 3.05) is 51.3 Å². The Labute approximate surface area is 257 Å². The van der Waals surface area contributed by atoms with E-state index in [9.17, 15) is 13.2 Å². The maximum absolute atomic E-state index is 14.3. The summed E-state index contributed by atoms with van der Waals surface area (Å²) >= 11 is 0. The van der Waals surface area contributed by atoms with Gasteiger partial charge in [-0.1, -0.05) is 25.5 Å². The van der Waals surface area contributed by atoms with Crippen LogP contribution < -0.4 is 19.7 Å². The third-order valence-electron chi connectivity index (χ3n) is 9.75. The van der Waals surface area contributed by atoms with Crippen molar-refractivity contribution < 1.29 is 22.6 Å². The molecule has 1 aromatic carbocycles. The molecule has 236 valence electrons. The fraction of sp³-hybridized carbons (Fsp3) is 0.529. The molecule has 0 bridgehead atoms. The second-order valence-electron chi connectivity index (χ2n) is 12.3. The number of methoxy groups -OCH3 is 1. The first-order valence-corrected chi connectivity index (χ1v) is 15.8. The second-order valence-corrected chi connectivity index (χ2v) is 12.3. The van der Waals surface area contributed by atoms with E-state index >= 15 is 0 Å².